The summed E-state index contributed by atoms with van der Waals surface area (Å²) in [5.41, 5.74) is 5.88. The van der Waals surface area contributed by atoms with Gasteiger partial charge in [-0.25, -0.2) is 0 Å². The Hall–Kier alpha value is -2.09. The van der Waals surface area contributed by atoms with E-state index in [1.807, 2.05) is 12.1 Å². The van der Waals surface area contributed by atoms with Gasteiger partial charge in [-0.1, -0.05) is 36.4 Å². The fourth-order valence-corrected chi connectivity index (χ4v) is 2.91. The lowest BCUT2D eigenvalue weighted by atomic mass is 9.93. The third-order valence-electron chi connectivity index (χ3n) is 3.83. The molecule has 0 radical (unpaired) electrons. The fraction of sp³-hybridized carbons (Fsp3) is 0.235. The van der Waals surface area contributed by atoms with Crippen molar-refractivity contribution in [3.8, 4) is 11.1 Å². The van der Waals surface area contributed by atoms with Crippen LogP contribution in [0, 0.1) is 0 Å². The topological polar surface area (TPSA) is 29.1 Å². The minimum absolute atomic E-state index is 0.0104. The van der Waals surface area contributed by atoms with Crippen LogP contribution in [0.25, 0.3) is 11.1 Å². The van der Waals surface area contributed by atoms with Crippen molar-refractivity contribution < 1.29 is 4.79 Å². The van der Waals surface area contributed by atoms with E-state index >= 15 is 0 Å². The first-order chi connectivity index (χ1) is 9.31. The SMILES string of the molecule is CNC(=O)c1cccc2c1CCCc1ccccc1-2. The van der Waals surface area contributed by atoms with Crippen molar-refractivity contribution in [2.75, 3.05) is 7.05 Å². The lowest BCUT2D eigenvalue weighted by Gasteiger charge is -2.12. The van der Waals surface area contributed by atoms with E-state index < -0.39 is 0 Å². The predicted octanol–water partition coefficient (Wildman–Crippen LogP) is 3.20. The van der Waals surface area contributed by atoms with Crippen LogP contribution in [0.15, 0.2) is 42.5 Å². The number of aryl methyl sites for hydroxylation is 1. The molecule has 1 amide bonds. The summed E-state index contributed by atoms with van der Waals surface area (Å²) in [7, 11) is 1.69. The van der Waals surface area contributed by atoms with Crippen LogP contribution < -0.4 is 5.32 Å². The van der Waals surface area contributed by atoms with E-state index in [1.54, 1.807) is 7.05 Å². The normalized spacial score (nSPS) is 13.1. The number of nitrogens with one attached hydrogen (secondary N) is 1. The van der Waals surface area contributed by atoms with Crippen LogP contribution in [0.4, 0.5) is 0 Å². The van der Waals surface area contributed by atoms with Gasteiger partial charge in [-0.2, -0.15) is 0 Å². The lowest BCUT2D eigenvalue weighted by molar-refractivity contribution is 0.0962. The van der Waals surface area contributed by atoms with Gasteiger partial charge in [-0.05, 0) is 47.6 Å². The molecular formula is C17H17NO. The molecule has 1 aliphatic carbocycles. The number of fused-ring (bicyclic) bond motifs is 3. The number of hydrogen-bond acceptors (Lipinski definition) is 1. The van der Waals surface area contributed by atoms with Crippen LogP contribution in [0.2, 0.25) is 0 Å². The summed E-state index contributed by atoms with van der Waals surface area (Å²) >= 11 is 0. The monoisotopic (exact) mass is 251 g/mol. The highest BCUT2D eigenvalue weighted by Gasteiger charge is 2.18. The second-order valence-electron chi connectivity index (χ2n) is 4.92. The van der Waals surface area contributed by atoms with Gasteiger partial charge in [0.05, 0.1) is 0 Å². The molecule has 0 bridgehead atoms. The van der Waals surface area contributed by atoms with Gasteiger partial charge >= 0.3 is 0 Å². The van der Waals surface area contributed by atoms with E-state index in [1.165, 1.54) is 22.3 Å². The number of carbonyl (C=O) groups is 1. The third-order valence-corrected chi connectivity index (χ3v) is 3.83. The molecule has 0 spiro atoms. The molecule has 2 aromatic rings. The van der Waals surface area contributed by atoms with Crippen molar-refractivity contribution >= 4 is 5.91 Å². The van der Waals surface area contributed by atoms with E-state index in [0.29, 0.717) is 0 Å². The van der Waals surface area contributed by atoms with Crippen LogP contribution in [-0.2, 0) is 12.8 Å². The standard InChI is InChI=1S/C17H17NO/c1-18-17(19)16-11-5-10-14-13-8-3-2-6-12(13)7-4-9-15(14)16/h2-3,5-6,8,10-11H,4,7,9H2,1H3,(H,18,19). The maximum Gasteiger partial charge on any atom is 0.251 e. The summed E-state index contributed by atoms with van der Waals surface area (Å²) in [5, 5.41) is 2.74. The highest BCUT2D eigenvalue weighted by atomic mass is 16.1. The molecule has 0 saturated heterocycles. The summed E-state index contributed by atoms with van der Waals surface area (Å²) in [6.45, 7) is 0. The molecule has 19 heavy (non-hydrogen) atoms. The average molecular weight is 251 g/mol. The van der Waals surface area contributed by atoms with Crippen molar-refractivity contribution in [2.45, 2.75) is 19.3 Å². The lowest BCUT2D eigenvalue weighted by Crippen LogP contribution is -2.19. The zero-order valence-electron chi connectivity index (χ0n) is 11.1. The Morgan fingerprint density at radius 1 is 1.00 bits per heavy atom. The van der Waals surface area contributed by atoms with Crippen molar-refractivity contribution in [2.24, 2.45) is 0 Å². The van der Waals surface area contributed by atoms with Crippen LogP contribution in [-0.4, -0.2) is 13.0 Å². The molecule has 0 saturated carbocycles. The summed E-state index contributed by atoms with van der Waals surface area (Å²) in [6.07, 6.45) is 3.14. The smallest absolute Gasteiger partial charge is 0.251 e. The van der Waals surface area contributed by atoms with E-state index in [9.17, 15) is 4.79 Å². The Bertz CT molecular complexity index is 631. The Labute approximate surface area is 113 Å². The van der Waals surface area contributed by atoms with E-state index in [-0.39, 0.29) is 5.91 Å². The number of benzene rings is 2. The molecule has 0 atom stereocenters. The Kier molecular flexibility index (Phi) is 3.08. The fourth-order valence-electron chi connectivity index (χ4n) is 2.91. The van der Waals surface area contributed by atoms with Crippen molar-refractivity contribution in [1.29, 1.82) is 0 Å². The molecular weight excluding hydrogens is 234 g/mol. The minimum Gasteiger partial charge on any atom is -0.355 e. The van der Waals surface area contributed by atoms with Gasteiger partial charge in [0.2, 0.25) is 0 Å². The first-order valence-electron chi connectivity index (χ1n) is 6.73. The maximum atomic E-state index is 12.0. The largest absolute Gasteiger partial charge is 0.355 e. The number of amides is 1. The molecule has 2 aromatic carbocycles. The first kappa shape index (κ1) is 12.0. The second-order valence-corrected chi connectivity index (χ2v) is 4.92. The van der Waals surface area contributed by atoms with Gasteiger partial charge in [0, 0.05) is 12.6 Å². The van der Waals surface area contributed by atoms with E-state index in [0.717, 1.165) is 24.8 Å². The summed E-state index contributed by atoms with van der Waals surface area (Å²) in [5.74, 6) is 0.0104. The average Bonchev–Trinajstić information content (AvgIpc) is 2.65. The van der Waals surface area contributed by atoms with Crippen LogP contribution in [0.5, 0.6) is 0 Å². The van der Waals surface area contributed by atoms with Crippen LogP contribution >= 0.6 is 0 Å². The zero-order valence-corrected chi connectivity index (χ0v) is 11.1. The summed E-state index contributed by atoms with van der Waals surface area (Å²) in [6, 6.07) is 14.5. The zero-order chi connectivity index (χ0) is 13.2. The highest BCUT2D eigenvalue weighted by Crippen LogP contribution is 2.33. The molecule has 96 valence electrons. The van der Waals surface area contributed by atoms with Gasteiger partial charge in [0.25, 0.3) is 5.91 Å². The molecule has 0 heterocycles. The summed E-state index contributed by atoms with van der Waals surface area (Å²) < 4.78 is 0. The molecule has 0 aliphatic heterocycles. The van der Waals surface area contributed by atoms with Crippen LogP contribution in [0.1, 0.15) is 27.9 Å². The third kappa shape index (κ3) is 2.03. The predicted molar refractivity (Wildman–Crippen MR) is 77.3 cm³/mol. The second kappa shape index (κ2) is 4.88. The van der Waals surface area contributed by atoms with Crippen molar-refractivity contribution in [3.63, 3.8) is 0 Å². The van der Waals surface area contributed by atoms with Gasteiger partial charge in [-0.3, -0.25) is 4.79 Å². The molecule has 1 aliphatic rings. The maximum absolute atomic E-state index is 12.0. The number of hydrogen-bond donors (Lipinski definition) is 1. The molecule has 0 unspecified atom stereocenters. The molecule has 3 rings (SSSR count). The van der Waals surface area contributed by atoms with Crippen molar-refractivity contribution in [3.05, 3.63) is 59.2 Å². The van der Waals surface area contributed by atoms with E-state index in [2.05, 4.69) is 35.6 Å². The Morgan fingerprint density at radius 2 is 1.79 bits per heavy atom. The number of rotatable bonds is 1. The summed E-state index contributed by atoms with van der Waals surface area (Å²) in [4.78, 5) is 12.0. The van der Waals surface area contributed by atoms with Crippen molar-refractivity contribution in [1.82, 2.24) is 5.32 Å². The Balaban J connectivity index is 2.23. The van der Waals surface area contributed by atoms with Crippen LogP contribution in [0.3, 0.4) is 0 Å². The first-order valence-corrected chi connectivity index (χ1v) is 6.73. The number of carbonyl (C=O) groups excluding carboxylic acids is 1. The van der Waals surface area contributed by atoms with Gasteiger partial charge in [-0.15, -0.1) is 0 Å². The van der Waals surface area contributed by atoms with Gasteiger partial charge in [0.1, 0.15) is 0 Å². The molecule has 1 N–H and O–H groups in total. The molecule has 2 nitrogen and oxygen atoms in total. The molecule has 2 heteroatoms. The quantitative estimate of drug-likeness (QED) is 0.828. The van der Waals surface area contributed by atoms with E-state index in [4.69, 9.17) is 0 Å². The minimum atomic E-state index is 0.0104. The molecule has 0 aromatic heterocycles. The molecule has 0 fully saturated rings. The van der Waals surface area contributed by atoms with Gasteiger partial charge < -0.3 is 5.32 Å². The highest BCUT2D eigenvalue weighted by molar-refractivity contribution is 5.97. The Morgan fingerprint density at radius 3 is 2.63 bits per heavy atom. The van der Waals surface area contributed by atoms with Gasteiger partial charge in [0.15, 0.2) is 0 Å².